The van der Waals surface area contributed by atoms with Gasteiger partial charge in [-0.1, -0.05) is 22.0 Å². The van der Waals surface area contributed by atoms with Gasteiger partial charge in [-0.25, -0.2) is 9.59 Å². The highest BCUT2D eigenvalue weighted by molar-refractivity contribution is 9.10. The first-order valence-electron chi connectivity index (χ1n) is 10.6. The maximum Gasteiger partial charge on any atom is 0.344 e. The van der Waals surface area contributed by atoms with Crippen LogP contribution in [0.3, 0.4) is 0 Å². The summed E-state index contributed by atoms with van der Waals surface area (Å²) in [6.07, 6.45) is 1.75. The molecule has 0 fully saturated rings. The van der Waals surface area contributed by atoms with Gasteiger partial charge in [0.1, 0.15) is 23.6 Å². The Hall–Kier alpha value is -3.75. The molecule has 0 N–H and O–H groups in total. The van der Waals surface area contributed by atoms with E-state index in [1.165, 1.54) is 6.07 Å². The zero-order chi connectivity index (χ0) is 23.2. The van der Waals surface area contributed by atoms with E-state index >= 15 is 0 Å². The first-order valence-corrected chi connectivity index (χ1v) is 11.4. The summed E-state index contributed by atoms with van der Waals surface area (Å²) in [6.45, 7) is 1.49. The molecule has 3 aromatic heterocycles. The fourth-order valence-electron chi connectivity index (χ4n) is 4.31. The molecule has 1 aliphatic heterocycles. The molecule has 0 radical (unpaired) electrons. The van der Waals surface area contributed by atoms with Gasteiger partial charge < -0.3 is 13.6 Å². The zero-order valence-electron chi connectivity index (χ0n) is 17.8. The molecule has 0 bridgehead atoms. The first kappa shape index (κ1) is 20.8. The number of benzene rings is 2. The van der Waals surface area contributed by atoms with Crippen molar-refractivity contribution in [2.24, 2.45) is 0 Å². The number of fused-ring (bicyclic) bond motifs is 4. The fraction of sp³-hybridized carbons (Fsp3) is 0.115. The molecule has 6 rings (SSSR count). The molecule has 0 saturated heterocycles. The van der Waals surface area contributed by atoms with Gasteiger partial charge in [-0.2, -0.15) is 0 Å². The molecule has 4 heterocycles. The maximum atomic E-state index is 12.9. The zero-order valence-corrected chi connectivity index (χ0v) is 19.4. The van der Waals surface area contributed by atoms with Crippen LogP contribution >= 0.6 is 15.9 Å². The van der Waals surface area contributed by atoms with E-state index in [0.29, 0.717) is 53.2 Å². The van der Waals surface area contributed by atoms with Crippen molar-refractivity contribution in [2.45, 2.75) is 13.1 Å². The summed E-state index contributed by atoms with van der Waals surface area (Å²) in [5, 5.41) is 1.39. The van der Waals surface area contributed by atoms with Crippen LogP contribution in [-0.4, -0.2) is 16.6 Å². The summed E-state index contributed by atoms with van der Waals surface area (Å²) in [5.74, 6) is 0.652. The van der Waals surface area contributed by atoms with Crippen molar-refractivity contribution in [3.05, 3.63) is 103 Å². The number of halogens is 1. The summed E-state index contributed by atoms with van der Waals surface area (Å²) < 4.78 is 18.0. The van der Waals surface area contributed by atoms with Crippen molar-refractivity contribution in [1.29, 1.82) is 0 Å². The van der Waals surface area contributed by atoms with E-state index in [4.69, 9.17) is 13.6 Å². The fourth-order valence-corrected chi connectivity index (χ4v) is 4.69. The lowest BCUT2D eigenvalue weighted by molar-refractivity contribution is 0.0878. The van der Waals surface area contributed by atoms with Gasteiger partial charge in [-0.3, -0.25) is 9.88 Å². The standard InChI is InChI=1S/C26H17BrN2O5/c27-16-4-6-22-15(9-16)10-20(26(31)33-22)19-11-24(30)34-25-18(19)5-7-23-21(25)13-29(14-32-23)12-17-3-1-2-8-28-17/h1-11H,12-14H2. The average molecular weight is 517 g/mol. The lowest BCUT2D eigenvalue weighted by Gasteiger charge is -2.29. The highest BCUT2D eigenvalue weighted by atomic mass is 79.9. The Balaban J connectivity index is 1.49. The molecule has 1 aliphatic rings. The van der Waals surface area contributed by atoms with Gasteiger partial charge >= 0.3 is 11.3 Å². The Kier molecular flexibility index (Phi) is 5.04. The summed E-state index contributed by atoms with van der Waals surface area (Å²) in [4.78, 5) is 31.9. The number of hydrogen-bond acceptors (Lipinski definition) is 7. The van der Waals surface area contributed by atoms with Gasteiger partial charge in [0.05, 0.1) is 16.8 Å². The third-order valence-corrected chi connectivity index (χ3v) is 6.35. The smallest absolute Gasteiger partial charge is 0.344 e. The van der Waals surface area contributed by atoms with Crippen molar-refractivity contribution < 1.29 is 13.6 Å². The molecular formula is C26H17BrN2O5. The van der Waals surface area contributed by atoms with Crippen LogP contribution < -0.4 is 16.0 Å². The lowest BCUT2D eigenvalue weighted by atomic mass is 9.99. The Morgan fingerprint density at radius 3 is 2.74 bits per heavy atom. The van der Waals surface area contributed by atoms with Crippen molar-refractivity contribution in [3.8, 4) is 16.9 Å². The topological polar surface area (TPSA) is 85.8 Å². The molecule has 0 amide bonds. The van der Waals surface area contributed by atoms with Gasteiger partial charge in [-0.05, 0) is 48.5 Å². The number of rotatable bonds is 3. The average Bonchev–Trinajstić information content (AvgIpc) is 2.84. The van der Waals surface area contributed by atoms with Crippen LogP contribution in [0.15, 0.2) is 89.8 Å². The first-order chi connectivity index (χ1) is 16.5. The van der Waals surface area contributed by atoms with Crippen LogP contribution in [-0.2, 0) is 13.1 Å². The van der Waals surface area contributed by atoms with Crippen LogP contribution in [0.2, 0.25) is 0 Å². The van der Waals surface area contributed by atoms with Crippen molar-refractivity contribution >= 4 is 37.9 Å². The Labute approximate surface area is 201 Å². The molecule has 0 saturated carbocycles. The van der Waals surface area contributed by atoms with Crippen molar-refractivity contribution in [1.82, 2.24) is 9.88 Å². The number of pyridine rings is 1. The van der Waals surface area contributed by atoms with Gasteiger partial charge in [0.2, 0.25) is 0 Å². The van der Waals surface area contributed by atoms with Crippen LogP contribution in [0, 0.1) is 0 Å². The van der Waals surface area contributed by atoms with Gasteiger partial charge in [0, 0.05) is 46.2 Å². The highest BCUT2D eigenvalue weighted by Gasteiger charge is 2.24. The van der Waals surface area contributed by atoms with Crippen LogP contribution in [0.5, 0.6) is 5.75 Å². The molecule has 7 nitrogen and oxygen atoms in total. The van der Waals surface area contributed by atoms with E-state index in [9.17, 15) is 9.59 Å². The molecule has 0 atom stereocenters. The van der Waals surface area contributed by atoms with E-state index in [0.717, 1.165) is 21.1 Å². The van der Waals surface area contributed by atoms with E-state index in [-0.39, 0.29) is 0 Å². The molecule has 2 aromatic carbocycles. The molecule has 0 aliphatic carbocycles. The normalized spacial score (nSPS) is 13.7. The highest BCUT2D eigenvalue weighted by Crippen LogP contribution is 2.36. The molecule has 34 heavy (non-hydrogen) atoms. The Bertz CT molecular complexity index is 1680. The predicted octanol–water partition coefficient (Wildman–Crippen LogP) is 5.08. The van der Waals surface area contributed by atoms with E-state index in [2.05, 4.69) is 25.8 Å². The second kappa shape index (κ2) is 8.23. The molecule has 0 spiro atoms. The lowest BCUT2D eigenvalue weighted by Crippen LogP contribution is -2.32. The summed E-state index contributed by atoms with van der Waals surface area (Å²) in [6, 6.07) is 17.9. The van der Waals surface area contributed by atoms with E-state index in [1.807, 2.05) is 36.4 Å². The minimum Gasteiger partial charge on any atom is -0.478 e. The van der Waals surface area contributed by atoms with Crippen molar-refractivity contribution in [3.63, 3.8) is 0 Å². The Morgan fingerprint density at radius 1 is 0.971 bits per heavy atom. The van der Waals surface area contributed by atoms with E-state index < -0.39 is 11.3 Å². The van der Waals surface area contributed by atoms with Gasteiger partial charge in [-0.15, -0.1) is 0 Å². The second-order valence-electron chi connectivity index (χ2n) is 8.11. The SMILES string of the molecule is O=c1cc(-c2cc3cc(Br)ccc3oc2=O)c2ccc3c(c2o1)CN(Cc1ccccn1)CO3. The van der Waals surface area contributed by atoms with Gasteiger partial charge in [0.15, 0.2) is 0 Å². The number of hydrogen-bond donors (Lipinski definition) is 0. The van der Waals surface area contributed by atoms with Crippen LogP contribution in [0.4, 0.5) is 0 Å². The number of aromatic nitrogens is 1. The quantitative estimate of drug-likeness (QED) is 0.309. The predicted molar refractivity (Wildman–Crippen MR) is 131 cm³/mol. The monoisotopic (exact) mass is 516 g/mol. The minimum absolute atomic E-state index is 0.297. The third kappa shape index (κ3) is 3.70. The number of ether oxygens (including phenoxy) is 1. The second-order valence-corrected chi connectivity index (χ2v) is 9.02. The summed E-state index contributed by atoms with van der Waals surface area (Å²) >= 11 is 3.45. The van der Waals surface area contributed by atoms with Crippen LogP contribution in [0.1, 0.15) is 11.3 Å². The molecule has 0 unspecified atom stereocenters. The molecular weight excluding hydrogens is 500 g/mol. The summed E-state index contributed by atoms with van der Waals surface area (Å²) in [5.41, 5.74) is 2.24. The van der Waals surface area contributed by atoms with Crippen molar-refractivity contribution in [2.75, 3.05) is 6.73 Å². The maximum absolute atomic E-state index is 12.9. The molecule has 168 valence electrons. The molecule has 8 heteroatoms. The minimum atomic E-state index is -0.550. The largest absolute Gasteiger partial charge is 0.478 e. The third-order valence-electron chi connectivity index (χ3n) is 5.85. The summed E-state index contributed by atoms with van der Waals surface area (Å²) in [7, 11) is 0. The van der Waals surface area contributed by atoms with Gasteiger partial charge in [0.25, 0.3) is 0 Å². The van der Waals surface area contributed by atoms with Crippen LogP contribution in [0.25, 0.3) is 33.1 Å². The number of nitrogens with zero attached hydrogens (tertiary/aromatic N) is 2. The van der Waals surface area contributed by atoms with E-state index in [1.54, 1.807) is 24.4 Å². The Morgan fingerprint density at radius 2 is 1.88 bits per heavy atom. The molecule has 5 aromatic rings.